The van der Waals surface area contributed by atoms with E-state index in [-0.39, 0.29) is 29.7 Å². The fraction of sp³-hybridized carbons (Fsp3) is 0.600. The Kier molecular flexibility index (Phi) is 7.61. The third kappa shape index (κ3) is 6.86. The molecule has 0 bridgehead atoms. The van der Waals surface area contributed by atoms with E-state index in [4.69, 9.17) is 0 Å². The van der Waals surface area contributed by atoms with Gasteiger partial charge >= 0.3 is 0 Å². The first kappa shape index (κ1) is 21.2. The van der Waals surface area contributed by atoms with Gasteiger partial charge in [-0.25, -0.2) is 0 Å². The van der Waals surface area contributed by atoms with Crippen LogP contribution in [0.4, 0.5) is 0 Å². The van der Waals surface area contributed by atoms with E-state index in [0.717, 1.165) is 5.56 Å². The number of benzene rings is 1. The fourth-order valence-corrected chi connectivity index (χ4v) is 2.39. The Morgan fingerprint density at radius 3 is 2.28 bits per heavy atom. The molecule has 0 saturated heterocycles. The highest BCUT2D eigenvalue weighted by atomic mass is 16.3. The van der Waals surface area contributed by atoms with Crippen molar-refractivity contribution in [3.8, 4) is 0 Å². The molecule has 2 unspecified atom stereocenters. The average molecular weight is 348 g/mol. The van der Waals surface area contributed by atoms with Crippen molar-refractivity contribution in [2.24, 2.45) is 11.3 Å². The highest BCUT2D eigenvalue weighted by Crippen LogP contribution is 2.18. The molecule has 0 aliphatic carbocycles. The van der Waals surface area contributed by atoms with Gasteiger partial charge in [-0.3, -0.25) is 9.59 Å². The molecule has 5 nitrogen and oxygen atoms in total. The van der Waals surface area contributed by atoms with Crippen LogP contribution in [0.2, 0.25) is 0 Å². The van der Waals surface area contributed by atoms with Crippen LogP contribution in [0.25, 0.3) is 0 Å². The minimum atomic E-state index is -0.650. The van der Waals surface area contributed by atoms with Crippen molar-refractivity contribution in [2.45, 2.75) is 60.1 Å². The molecule has 0 aromatic heterocycles. The lowest BCUT2D eigenvalue weighted by Gasteiger charge is -2.27. The number of carbonyl (C=O) groups excluding carboxylic acids is 2. The second-order valence-corrected chi connectivity index (χ2v) is 8.10. The average Bonchev–Trinajstić information content (AvgIpc) is 2.50. The van der Waals surface area contributed by atoms with Crippen LogP contribution in [0, 0.1) is 18.3 Å². The summed E-state index contributed by atoms with van der Waals surface area (Å²) < 4.78 is 0. The standard InChI is InChI=1S/C20H32N2O3/c1-13(2)11-16(19(25)21-12-17(23)20(4,5)6)22-18(24)15-10-8-7-9-14(15)3/h7-10,13,16-17,23H,11-12H2,1-6H3,(H,21,25)(H,22,24). The Morgan fingerprint density at radius 2 is 1.76 bits per heavy atom. The number of aliphatic hydroxyl groups is 1. The summed E-state index contributed by atoms with van der Waals surface area (Å²) in [7, 11) is 0. The summed E-state index contributed by atoms with van der Waals surface area (Å²) in [6, 6.07) is 6.67. The minimum Gasteiger partial charge on any atom is -0.391 e. The molecule has 0 saturated carbocycles. The number of aliphatic hydroxyl groups excluding tert-OH is 1. The Bertz CT molecular complexity index is 591. The monoisotopic (exact) mass is 348 g/mol. The molecule has 2 amide bonds. The molecule has 25 heavy (non-hydrogen) atoms. The summed E-state index contributed by atoms with van der Waals surface area (Å²) in [4.78, 5) is 25.0. The first-order valence-electron chi connectivity index (χ1n) is 8.84. The predicted octanol–water partition coefficient (Wildman–Crippen LogP) is 2.66. The van der Waals surface area contributed by atoms with Crippen LogP contribution in [0.5, 0.6) is 0 Å². The molecule has 0 spiro atoms. The van der Waals surface area contributed by atoms with Crippen molar-refractivity contribution in [3.63, 3.8) is 0 Å². The molecule has 1 aromatic carbocycles. The normalized spacial score (nSPS) is 14.1. The first-order valence-corrected chi connectivity index (χ1v) is 8.84. The highest BCUT2D eigenvalue weighted by Gasteiger charge is 2.26. The van der Waals surface area contributed by atoms with Gasteiger partial charge in [0.2, 0.25) is 5.91 Å². The van der Waals surface area contributed by atoms with Crippen LogP contribution < -0.4 is 10.6 Å². The van der Waals surface area contributed by atoms with Crippen molar-refractivity contribution >= 4 is 11.8 Å². The maximum Gasteiger partial charge on any atom is 0.252 e. The van der Waals surface area contributed by atoms with E-state index in [0.29, 0.717) is 12.0 Å². The van der Waals surface area contributed by atoms with Gasteiger partial charge in [0, 0.05) is 12.1 Å². The predicted molar refractivity (Wildman–Crippen MR) is 100 cm³/mol. The molecular formula is C20H32N2O3. The summed E-state index contributed by atoms with van der Waals surface area (Å²) in [5.74, 6) is -0.269. The Morgan fingerprint density at radius 1 is 1.16 bits per heavy atom. The Hall–Kier alpha value is -1.88. The number of rotatable bonds is 7. The number of nitrogens with one attached hydrogen (secondary N) is 2. The van der Waals surface area contributed by atoms with E-state index in [2.05, 4.69) is 10.6 Å². The second kappa shape index (κ2) is 8.99. The summed E-state index contributed by atoms with van der Waals surface area (Å²) in [6.07, 6.45) is -0.113. The van der Waals surface area contributed by atoms with E-state index in [1.165, 1.54) is 0 Å². The van der Waals surface area contributed by atoms with Gasteiger partial charge < -0.3 is 15.7 Å². The molecular weight excluding hydrogens is 316 g/mol. The van der Waals surface area contributed by atoms with Gasteiger partial charge in [-0.1, -0.05) is 52.8 Å². The van der Waals surface area contributed by atoms with Gasteiger partial charge in [-0.2, -0.15) is 0 Å². The van der Waals surface area contributed by atoms with Crippen molar-refractivity contribution in [1.29, 1.82) is 0 Å². The lowest BCUT2D eigenvalue weighted by Crippen LogP contribution is -2.50. The van der Waals surface area contributed by atoms with Crippen molar-refractivity contribution in [3.05, 3.63) is 35.4 Å². The van der Waals surface area contributed by atoms with Crippen LogP contribution >= 0.6 is 0 Å². The van der Waals surface area contributed by atoms with Crippen molar-refractivity contribution in [2.75, 3.05) is 6.54 Å². The number of amides is 2. The maximum absolute atomic E-state index is 12.5. The van der Waals surface area contributed by atoms with Crippen LogP contribution in [-0.4, -0.2) is 35.6 Å². The largest absolute Gasteiger partial charge is 0.391 e. The van der Waals surface area contributed by atoms with Gasteiger partial charge in [-0.05, 0) is 36.3 Å². The number of carbonyl (C=O) groups is 2. The molecule has 140 valence electrons. The van der Waals surface area contributed by atoms with Crippen LogP contribution in [0.3, 0.4) is 0 Å². The minimum absolute atomic E-state index is 0.164. The summed E-state index contributed by atoms with van der Waals surface area (Å²) >= 11 is 0. The topological polar surface area (TPSA) is 78.4 Å². The van der Waals surface area contributed by atoms with E-state index in [1.54, 1.807) is 12.1 Å². The molecule has 0 heterocycles. The Balaban J connectivity index is 2.78. The van der Waals surface area contributed by atoms with Crippen LogP contribution in [0.1, 0.15) is 57.0 Å². The van der Waals surface area contributed by atoms with Gasteiger partial charge in [0.05, 0.1) is 6.10 Å². The fourth-order valence-electron chi connectivity index (χ4n) is 2.39. The van der Waals surface area contributed by atoms with Gasteiger partial charge in [0.1, 0.15) is 6.04 Å². The van der Waals surface area contributed by atoms with Gasteiger partial charge in [0.25, 0.3) is 5.91 Å². The van der Waals surface area contributed by atoms with Gasteiger partial charge in [-0.15, -0.1) is 0 Å². The molecule has 1 aromatic rings. The maximum atomic E-state index is 12.5. The smallest absolute Gasteiger partial charge is 0.252 e. The molecule has 2 atom stereocenters. The molecule has 0 aliphatic heterocycles. The quantitative estimate of drug-likeness (QED) is 0.709. The Labute approximate surface area is 151 Å². The molecule has 1 rings (SSSR count). The van der Waals surface area contributed by atoms with E-state index < -0.39 is 12.1 Å². The number of hydrogen-bond acceptors (Lipinski definition) is 3. The molecule has 0 aliphatic rings. The molecule has 3 N–H and O–H groups in total. The number of hydrogen-bond donors (Lipinski definition) is 3. The van der Waals surface area contributed by atoms with E-state index in [9.17, 15) is 14.7 Å². The third-order valence-electron chi connectivity index (χ3n) is 4.19. The van der Waals surface area contributed by atoms with Crippen molar-refractivity contribution < 1.29 is 14.7 Å². The lowest BCUT2D eigenvalue weighted by molar-refractivity contribution is -0.124. The van der Waals surface area contributed by atoms with E-state index >= 15 is 0 Å². The number of aryl methyl sites for hydroxylation is 1. The first-order chi connectivity index (χ1) is 11.5. The summed E-state index contributed by atoms with van der Waals surface area (Å²) in [6.45, 7) is 11.8. The SMILES string of the molecule is Cc1ccccc1C(=O)NC(CC(C)C)C(=O)NCC(O)C(C)(C)C. The molecule has 5 heteroatoms. The van der Waals surface area contributed by atoms with E-state index in [1.807, 2.05) is 53.7 Å². The highest BCUT2D eigenvalue weighted by molar-refractivity contribution is 5.98. The molecule has 0 fully saturated rings. The van der Waals surface area contributed by atoms with Gasteiger partial charge in [0.15, 0.2) is 0 Å². The zero-order valence-corrected chi connectivity index (χ0v) is 16.2. The van der Waals surface area contributed by atoms with Crippen LogP contribution in [-0.2, 0) is 4.79 Å². The summed E-state index contributed by atoms with van der Waals surface area (Å²) in [5.41, 5.74) is 1.12. The second-order valence-electron chi connectivity index (χ2n) is 8.10. The molecule has 0 radical (unpaired) electrons. The zero-order valence-electron chi connectivity index (χ0n) is 16.2. The van der Waals surface area contributed by atoms with Crippen LogP contribution in [0.15, 0.2) is 24.3 Å². The lowest BCUT2D eigenvalue weighted by atomic mass is 9.89. The zero-order chi connectivity index (χ0) is 19.2. The summed E-state index contributed by atoms with van der Waals surface area (Å²) in [5, 5.41) is 15.7. The third-order valence-corrected chi connectivity index (χ3v) is 4.19. The van der Waals surface area contributed by atoms with Crippen molar-refractivity contribution in [1.82, 2.24) is 10.6 Å².